The van der Waals surface area contributed by atoms with Crippen LogP contribution in [-0.4, -0.2) is 46.3 Å². The van der Waals surface area contributed by atoms with Crippen molar-refractivity contribution in [1.82, 2.24) is 30.8 Å². The molecule has 2 N–H and O–H groups in total. The number of carbonyl (C=O) groups excluding carboxylic acids is 1. The van der Waals surface area contributed by atoms with E-state index in [0.717, 1.165) is 18.5 Å². The highest BCUT2D eigenvalue weighted by Crippen LogP contribution is 2.16. The van der Waals surface area contributed by atoms with Crippen LogP contribution >= 0.6 is 24.0 Å². The molecule has 0 spiro atoms. The molecular weight excluding hydrogens is 327 g/mol. The van der Waals surface area contributed by atoms with E-state index in [4.69, 9.17) is 11.6 Å². The highest BCUT2D eigenvalue weighted by Gasteiger charge is 2.08. The summed E-state index contributed by atoms with van der Waals surface area (Å²) in [7, 11) is 1.87. The first kappa shape index (κ1) is 18.3. The Labute approximate surface area is 139 Å². The fourth-order valence-corrected chi connectivity index (χ4v) is 1.83. The predicted octanol–water partition coefficient (Wildman–Crippen LogP) is 1.14. The average molecular weight is 345 g/mol. The number of tetrazole rings is 1. The monoisotopic (exact) mass is 344 g/mol. The summed E-state index contributed by atoms with van der Waals surface area (Å²) in [5.41, 5.74) is 0.806. The van der Waals surface area contributed by atoms with Crippen molar-refractivity contribution in [3.05, 3.63) is 29.3 Å². The van der Waals surface area contributed by atoms with Crippen LogP contribution < -0.4 is 10.6 Å². The molecule has 1 aromatic carbocycles. The van der Waals surface area contributed by atoms with Crippen LogP contribution in [0.4, 0.5) is 0 Å². The molecule has 0 aliphatic rings. The van der Waals surface area contributed by atoms with E-state index < -0.39 is 0 Å². The van der Waals surface area contributed by atoms with Crippen molar-refractivity contribution in [3.63, 3.8) is 0 Å². The van der Waals surface area contributed by atoms with Crippen LogP contribution in [0, 0.1) is 0 Å². The van der Waals surface area contributed by atoms with Crippen molar-refractivity contribution in [3.8, 4) is 11.4 Å². The second-order valence-corrected chi connectivity index (χ2v) is 4.89. The normalized spacial score (nSPS) is 10.1. The van der Waals surface area contributed by atoms with Crippen molar-refractivity contribution in [2.45, 2.75) is 13.0 Å². The van der Waals surface area contributed by atoms with Gasteiger partial charge in [0.05, 0.1) is 0 Å². The number of hydrogen-bond acceptors (Lipinski definition) is 5. The van der Waals surface area contributed by atoms with Gasteiger partial charge < -0.3 is 10.6 Å². The molecule has 0 radical (unpaired) electrons. The largest absolute Gasteiger partial charge is 0.354 e. The van der Waals surface area contributed by atoms with E-state index in [9.17, 15) is 4.79 Å². The summed E-state index contributed by atoms with van der Waals surface area (Å²) >= 11 is 5.83. The molecule has 0 atom stereocenters. The number of benzene rings is 1. The van der Waals surface area contributed by atoms with Gasteiger partial charge in [-0.1, -0.05) is 11.6 Å². The Morgan fingerprint density at radius 3 is 2.68 bits per heavy atom. The molecule has 0 unspecified atom stereocenters. The van der Waals surface area contributed by atoms with Crippen molar-refractivity contribution >= 4 is 29.9 Å². The SMILES string of the molecule is CNCCCNC(=O)Cn1nnc(-c2ccc(Cl)cc2)n1.Cl. The molecule has 0 fully saturated rings. The summed E-state index contributed by atoms with van der Waals surface area (Å²) in [4.78, 5) is 13.0. The van der Waals surface area contributed by atoms with Gasteiger partial charge in [0, 0.05) is 17.1 Å². The molecule has 0 saturated carbocycles. The highest BCUT2D eigenvalue weighted by atomic mass is 35.5. The Morgan fingerprint density at radius 2 is 2.00 bits per heavy atom. The van der Waals surface area contributed by atoms with Gasteiger partial charge in [-0.2, -0.15) is 4.80 Å². The van der Waals surface area contributed by atoms with Crippen molar-refractivity contribution in [2.75, 3.05) is 20.1 Å². The van der Waals surface area contributed by atoms with Gasteiger partial charge in [0.1, 0.15) is 6.54 Å². The van der Waals surface area contributed by atoms with Crippen LogP contribution in [0.25, 0.3) is 11.4 Å². The summed E-state index contributed by atoms with van der Waals surface area (Å²) in [5.74, 6) is 0.334. The van der Waals surface area contributed by atoms with E-state index in [1.807, 2.05) is 19.2 Å². The topological polar surface area (TPSA) is 84.7 Å². The number of aromatic nitrogens is 4. The highest BCUT2D eigenvalue weighted by molar-refractivity contribution is 6.30. The third-order valence-corrected chi connectivity index (χ3v) is 3.02. The van der Waals surface area contributed by atoms with Crippen LogP contribution in [0.15, 0.2) is 24.3 Å². The number of nitrogens with one attached hydrogen (secondary N) is 2. The lowest BCUT2D eigenvalue weighted by atomic mass is 10.2. The Kier molecular flexibility index (Phi) is 7.79. The lowest BCUT2D eigenvalue weighted by molar-refractivity contribution is -0.122. The summed E-state index contributed by atoms with van der Waals surface area (Å²) < 4.78 is 0. The van der Waals surface area contributed by atoms with Gasteiger partial charge in [-0.3, -0.25) is 4.79 Å². The molecule has 0 aliphatic carbocycles. The average Bonchev–Trinajstić information content (AvgIpc) is 2.93. The summed E-state index contributed by atoms with van der Waals surface area (Å²) in [6.45, 7) is 1.54. The third kappa shape index (κ3) is 5.59. The van der Waals surface area contributed by atoms with Crippen LogP contribution in [0.3, 0.4) is 0 Å². The molecule has 1 amide bonds. The minimum Gasteiger partial charge on any atom is -0.354 e. The Hall–Kier alpha value is -1.70. The molecule has 2 rings (SSSR count). The number of rotatable bonds is 7. The van der Waals surface area contributed by atoms with Crippen LogP contribution in [-0.2, 0) is 11.3 Å². The molecule has 2 aromatic rings. The lowest BCUT2D eigenvalue weighted by Crippen LogP contribution is -2.30. The zero-order chi connectivity index (χ0) is 15.1. The van der Waals surface area contributed by atoms with Crippen molar-refractivity contribution < 1.29 is 4.79 Å². The van der Waals surface area contributed by atoms with Gasteiger partial charge in [-0.05, 0) is 49.5 Å². The number of hydrogen-bond donors (Lipinski definition) is 2. The van der Waals surface area contributed by atoms with E-state index in [1.165, 1.54) is 4.80 Å². The fraction of sp³-hybridized carbons (Fsp3) is 0.385. The van der Waals surface area contributed by atoms with Crippen molar-refractivity contribution in [1.29, 1.82) is 0 Å². The van der Waals surface area contributed by atoms with E-state index >= 15 is 0 Å². The maximum absolute atomic E-state index is 11.7. The fourth-order valence-electron chi connectivity index (χ4n) is 1.70. The zero-order valence-electron chi connectivity index (χ0n) is 12.1. The molecule has 7 nitrogen and oxygen atoms in total. The van der Waals surface area contributed by atoms with Crippen LogP contribution in [0.2, 0.25) is 5.02 Å². The molecule has 0 aliphatic heterocycles. The quantitative estimate of drug-likeness (QED) is 0.735. The third-order valence-electron chi connectivity index (χ3n) is 2.77. The molecule has 1 aromatic heterocycles. The number of carbonyl (C=O) groups is 1. The smallest absolute Gasteiger partial charge is 0.243 e. The van der Waals surface area contributed by atoms with E-state index in [2.05, 4.69) is 26.0 Å². The van der Waals surface area contributed by atoms with Crippen LogP contribution in [0.1, 0.15) is 6.42 Å². The molecule has 22 heavy (non-hydrogen) atoms. The lowest BCUT2D eigenvalue weighted by Gasteiger charge is -2.03. The number of halogens is 2. The maximum atomic E-state index is 11.7. The van der Waals surface area contributed by atoms with Gasteiger partial charge in [-0.25, -0.2) is 0 Å². The predicted molar refractivity (Wildman–Crippen MR) is 87.1 cm³/mol. The first-order chi connectivity index (χ1) is 10.2. The van der Waals surface area contributed by atoms with Gasteiger partial charge in [0.25, 0.3) is 0 Å². The van der Waals surface area contributed by atoms with E-state index in [-0.39, 0.29) is 24.9 Å². The first-order valence-corrected chi connectivity index (χ1v) is 7.02. The second-order valence-electron chi connectivity index (χ2n) is 4.46. The summed E-state index contributed by atoms with van der Waals surface area (Å²) in [6, 6.07) is 7.13. The van der Waals surface area contributed by atoms with Crippen LogP contribution in [0.5, 0.6) is 0 Å². The van der Waals surface area contributed by atoms with Gasteiger partial charge in [0.15, 0.2) is 0 Å². The minimum atomic E-state index is -0.133. The Morgan fingerprint density at radius 1 is 1.27 bits per heavy atom. The summed E-state index contributed by atoms with van der Waals surface area (Å²) in [6.07, 6.45) is 0.878. The van der Waals surface area contributed by atoms with Gasteiger partial charge >= 0.3 is 0 Å². The zero-order valence-corrected chi connectivity index (χ0v) is 13.7. The Balaban J connectivity index is 0.00000242. The maximum Gasteiger partial charge on any atom is 0.243 e. The molecule has 0 bridgehead atoms. The first-order valence-electron chi connectivity index (χ1n) is 6.64. The summed E-state index contributed by atoms with van der Waals surface area (Å²) in [5, 5.41) is 18.4. The van der Waals surface area contributed by atoms with Gasteiger partial charge in [-0.15, -0.1) is 22.6 Å². The molecule has 120 valence electrons. The molecule has 9 heteroatoms. The van der Waals surface area contributed by atoms with Crippen molar-refractivity contribution in [2.24, 2.45) is 0 Å². The standard InChI is InChI=1S/C13H17ClN6O.ClH/c1-15-7-2-8-16-12(21)9-20-18-13(17-19-20)10-3-5-11(14)6-4-10;/h3-6,15H,2,7-9H2,1H3,(H,16,21);1H. The minimum absolute atomic E-state index is 0. The second kappa shape index (κ2) is 9.34. The van der Waals surface area contributed by atoms with E-state index in [1.54, 1.807) is 12.1 Å². The molecular formula is C13H18Cl2N6O. The molecule has 0 saturated heterocycles. The Bertz CT molecular complexity index is 586. The van der Waals surface area contributed by atoms with Gasteiger partial charge in [0.2, 0.25) is 11.7 Å². The number of amides is 1. The van der Waals surface area contributed by atoms with E-state index in [0.29, 0.717) is 17.4 Å². The molecule has 1 heterocycles. The number of nitrogens with zero attached hydrogens (tertiary/aromatic N) is 4.